The minimum Gasteiger partial charge on any atom is -0.396 e. The van der Waals surface area contributed by atoms with Gasteiger partial charge in [0.05, 0.1) is 157 Å². The Bertz CT molecular complexity index is 4700. The molecule has 36 nitrogen and oxygen atoms in total. The van der Waals surface area contributed by atoms with Crippen molar-refractivity contribution in [1.82, 2.24) is 27.4 Å². The summed E-state index contributed by atoms with van der Waals surface area (Å²) >= 11 is 0. The molecule has 6 atom stereocenters. The van der Waals surface area contributed by atoms with E-state index in [4.69, 9.17) is 36.2 Å². The van der Waals surface area contributed by atoms with Crippen LogP contribution in [0.4, 0.5) is 0 Å². The van der Waals surface area contributed by atoms with E-state index < -0.39 is 189 Å². The van der Waals surface area contributed by atoms with Crippen molar-refractivity contribution in [2.45, 2.75) is 66.0 Å². The van der Waals surface area contributed by atoms with Crippen LogP contribution in [0, 0.1) is 11.8 Å². The molecule has 0 aliphatic carbocycles. The molecule has 0 saturated carbocycles. The van der Waals surface area contributed by atoms with Gasteiger partial charge in [-0.15, -0.1) is 0 Å². The number of nitrogens with zero attached hydrogens (tertiary/aromatic N) is 6. The molecular weight excluding hydrogens is 1310 g/mol. The molecule has 0 radical (unpaired) electrons. The predicted octanol–water partition coefficient (Wildman–Crippen LogP) is -1.66. The van der Waals surface area contributed by atoms with E-state index in [9.17, 15) is 106 Å². The second kappa shape index (κ2) is 27.4. The number of hydrogen-bond donors (Lipinski definition) is 6. The molecule has 3 aromatic carbocycles. The summed E-state index contributed by atoms with van der Waals surface area (Å²) in [5.74, 6) is -0.891. The highest BCUT2D eigenvalue weighted by Gasteiger charge is 2.30. The highest BCUT2D eigenvalue weighted by atomic mass is 31.2. The number of rotatable bonds is 34. The lowest BCUT2D eigenvalue weighted by atomic mass is 10.1. The van der Waals surface area contributed by atoms with Crippen LogP contribution >= 0.6 is 31.3 Å². The van der Waals surface area contributed by atoms with Gasteiger partial charge in [-0.05, 0) is 49.2 Å². The molecule has 494 valence electrons. The number of fused-ring (bicyclic) bond motifs is 6. The molecule has 0 fully saturated rings. The van der Waals surface area contributed by atoms with Crippen molar-refractivity contribution < 1.29 is 84.2 Å². The van der Waals surface area contributed by atoms with E-state index in [1.165, 1.54) is 0 Å². The van der Waals surface area contributed by atoms with Crippen molar-refractivity contribution in [3.63, 3.8) is 0 Å². The van der Waals surface area contributed by atoms with E-state index in [0.717, 1.165) is 36.4 Å². The molecule has 6 unspecified atom stereocenters. The molecule has 6 aromatic heterocycles. The molecule has 0 saturated heterocycles. The molecule has 9 aromatic rings. The Morgan fingerprint density at radius 2 is 0.435 bits per heavy atom. The van der Waals surface area contributed by atoms with Gasteiger partial charge in [-0.1, -0.05) is 13.8 Å². The quantitative estimate of drug-likeness (QED) is 0.0246. The summed E-state index contributed by atoms with van der Waals surface area (Å²) in [6, 6.07) is 5.93. The molecule has 0 aliphatic rings. The van der Waals surface area contributed by atoms with Gasteiger partial charge in [-0.2, -0.15) is 0 Å². The molecule has 0 aliphatic heterocycles. The lowest BCUT2D eigenvalue weighted by Crippen LogP contribution is -2.28. The van der Waals surface area contributed by atoms with Crippen LogP contribution in [-0.4, -0.2) is 123 Å². The second-order valence-corrected chi connectivity index (χ2v) is 26.6. The van der Waals surface area contributed by atoms with Gasteiger partial charge in [-0.25, -0.2) is 18.3 Å². The summed E-state index contributed by atoms with van der Waals surface area (Å²) in [6.07, 6.45) is 0.871. The Balaban J connectivity index is 0.765. The number of phosphoric ester groups is 4. The number of aromatic nitrogens is 6. The lowest BCUT2D eigenvalue weighted by molar-refractivity contribution is 0.104. The Hall–Kier alpha value is -7.14. The van der Waals surface area contributed by atoms with Crippen molar-refractivity contribution >= 4 is 95.9 Å². The van der Waals surface area contributed by atoms with Crippen LogP contribution in [0.2, 0.25) is 0 Å². The standard InChI is InChI=1S/C52H56N6O30P4/c1-3-27(23-59)25-87-91(77,78)85-15-9-57-49(69)37-19-33-34(20-38(37)50(57)70)46(66)55(45(33)65)7-13-83-89(73,74)81-11-5-53-41(61)29-17-31-32(18-30(29)42(53)62)44(64)54(43(31)63)6-12-82-90(75,76)84-14-8-56-47(67)35-21-39-40(22-36(35)48(56)68)52(72)58(51(39)71)10-16-86-92(79,80)88-26-28(4-2)24-60/h17-22,27-28,59-60H,3-16,23-26H2,1-2H3,(H,73,74)(H,75,76)(H,77,78)(H,79,80). The van der Waals surface area contributed by atoms with Crippen LogP contribution in [0.1, 0.15) is 26.7 Å². The topological polar surface area (TPSA) is 498 Å². The van der Waals surface area contributed by atoms with Crippen LogP contribution in [0.3, 0.4) is 0 Å². The first-order valence-corrected chi connectivity index (χ1v) is 33.8. The van der Waals surface area contributed by atoms with Gasteiger partial charge in [0.15, 0.2) is 0 Å². The molecule has 6 heterocycles. The fourth-order valence-corrected chi connectivity index (χ4v) is 13.0. The summed E-state index contributed by atoms with van der Waals surface area (Å²) in [4.78, 5) is 200. The van der Waals surface area contributed by atoms with E-state index in [2.05, 4.69) is 0 Å². The number of aliphatic hydroxyl groups is 2. The number of benzene rings is 3. The second-order valence-electron chi connectivity index (χ2n) is 20.8. The van der Waals surface area contributed by atoms with E-state index in [1.807, 2.05) is 0 Å². The van der Waals surface area contributed by atoms with Gasteiger partial charge in [0.25, 0.3) is 66.7 Å². The van der Waals surface area contributed by atoms with Crippen molar-refractivity contribution in [1.29, 1.82) is 0 Å². The van der Waals surface area contributed by atoms with E-state index in [0.29, 0.717) is 40.2 Å². The molecule has 0 bridgehead atoms. The smallest absolute Gasteiger partial charge is 0.396 e. The average Bonchev–Trinajstić information content (AvgIpc) is 1.61. The largest absolute Gasteiger partial charge is 0.472 e. The van der Waals surface area contributed by atoms with E-state index in [-0.39, 0.29) is 91.1 Å². The normalized spacial score (nSPS) is 15.7. The fraction of sp³-hybridized carbons (Fsp3) is 0.423. The summed E-state index contributed by atoms with van der Waals surface area (Å²) in [5, 5.41) is 14.8. The van der Waals surface area contributed by atoms with Crippen molar-refractivity contribution in [2.24, 2.45) is 11.8 Å². The maximum atomic E-state index is 13.4. The third kappa shape index (κ3) is 14.0. The molecule has 0 amide bonds. The maximum Gasteiger partial charge on any atom is 0.472 e. The number of phosphoric acid groups is 4. The van der Waals surface area contributed by atoms with E-state index in [1.54, 1.807) is 13.8 Å². The number of hydrogen-bond acceptors (Lipinski definition) is 26. The molecular formula is C52H56N6O30P4. The van der Waals surface area contributed by atoms with Crippen molar-refractivity contribution in [2.75, 3.05) is 66.1 Å². The van der Waals surface area contributed by atoms with E-state index >= 15 is 0 Å². The zero-order valence-corrected chi connectivity index (χ0v) is 51.9. The highest BCUT2D eigenvalue weighted by molar-refractivity contribution is 7.48. The third-order valence-corrected chi connectivity index (χ3v) is 19.2. The van der Waals surface area contributed by atoms with Crippen molar-refractivity contribution in [3.05, 3.63) is 161 Å². The summed E-state index contributed by atoms with van der Waals surface area (Å²) in [5.41, 5.74) is -11.6. The van der Waals surface area contributed by atoms with Crippen LogP contribution in [0.5, 0.6) is 0 Å². The Morgan fingerprint density at radius 3 is 0.565 bits per heavy atom. The Labute approximate surface area is 510 Å². The molecule has 6 N–H and O–H groups in total. The summed E-state index contributed by atoms with van der Waals surface area (Å²) in [7, 11) is -19.4. The first-order valence-electron chi connectivity index (χ1n) is 27.8. The minimum absolute atomic E-state index is 0.272. The van der Waals surface area contributed by atoms with Gasteiger partial charge >= 0.3 is 31.3 Å². The summed E-state index contributed by atoms with van der Waals surface area (Å²) in [6.45, 7) is -6.07. The van der Waals surface area contributed by atoms with Crippen LogP contribution in [-0.2, 0) is 93.7 Å². The van der Waals surface area contributed by atoms with Gasteiger partial charge in [-0.3, -0.25) is 121 Å². The average molecular weight is 1370 g/mol. The highest BCUT2D eigenvalue weighted by Crippen LogP contribution is 2.45. The molecule has 0 spiro atoms. The lowest BCUT2D eigenvalue weighted by Gasteiger charge is -2.15. The fourth-order valence-electron chi connectivity index (χ4n) is 10.1. The van der Waals surface area contributed by atoms with Crippen LogP contribution in [0.25, 0.3) is 64.6 Å². The Morgan fingerprint density at radius 1 is 0.293 bits per heavy atom. The Kier molecular flexibility index (Phi) is 20.6. The van der Waals surface area contributed by atoms with Gasteiger partial charge in [0.1, 0.15) is 0 Å². The number of aliphatic hydroxyl groups excluding tert-OH is 2. The van der Waals surface area contributed by atoms with Crippen LogP contribution < -0.4 is 66.7 Å². The van der Waals surface area contributed by atoms with Gasteiger partial charge < -0.3 is 29.8 Å². The predicted molar refractivity (Wildman–Crippen MR) is 323 cm³/mol. The molecule has 40 heteroatoms. The van der Waals surface area contributed by atoms with Crippen molar-refractivity contribution in [3.8, 4) is 0 Å². The maximum absolute atomic E-state index is 13.4. The first-order chi connectivity index (χ1) is 43.4. The van der Waals surface area contributed by atoms with Gasteiger partial charge in [0.2, 0.25) is 0 Å². The third-order valence-electron chi connectivity index (χ3n) is 15.2. The van der Waals surface area contributed by atoms with Crippen LogP contribution in [0.15, 0.2) is 93.9 Å². The van der Waals surface area contributed by atoms with Gasteiger partial charge in [0, 0.05) is 25.0 Å². The zero-order valence-electron chi connectivity index (χ0n) is 48.3. The zero-order chi connectivity index (χ0) is 67.1. The minimum atomic E-state index is -5.06. The molecule has 9 rings (SSSR count). The SMILES string of the molecule is CCC(CO)COP(=O)(O)OCCn1c(=O)c2cc3c(=O)n(CCOP(=O)(O)OCCn4c(=O)c5cc6c(=O)n(CCOP(=O)(O)OCCn7c(=O)c8cc9c(=O)n(CCOP(=O)(O)OCC(CC)CO)c(=O)c9cc8c7=O)c(=O)c6cc5c4=O)c(=O)c3cc2c1=O. The first kappa shape index (κ1) is 69.2. The summed E-state index contributed by atoms with van der Waals surface area (Å²) < 4.78 is 92.9. The molecule has 92 heavy (non-hydrogen) atoms. The monoisotopic (exact) mass is 1370 g/mol.